The van der Waals surface area contributed by atoms with E-state index in [4.69, 9.17) is 13.9 Å². The molecule has 1 heterocycles. The lowest BCUT2D eigenvalue weighted by Crippen LogP contribution is -2.16. The van der Waals surface area contributed by atoms with Crippen molar-refractivity contribution in [3.05, 3.63) is 90.1 Å². The molecule has 0 aliphatic heterocycles. The van der Waals surface area contributed by atoms with Crippen molar-refractivity contribution in [2.75, 3.05) is 6.61 Å². The van der Waals surface area contributed by atoms with Crippen molar-refractivity contribution in [2.45, 2.75) is 13.5 Å². The minimum absolute atomic E-state index is 0.169. The van der Waals surface area contributed by atoms with E-state index in [0.29, 0.717) is 24.5 Å². The van der Waals surface area contributed by atoms with Crippen LogP contribution in [0.4, 0.5) is 0 Å². The van der Waals surface area contributed by atoms with Crippen molar-refractivity contribution in [1.82, 2.24) is 5.43 Å². The highest BCUT2D eigenvalue weighted by Gasteiger charge is 2.13. The maximum absolute atomic E-state index is 12.5. The van der Waals surface area contributed by atoms with Gasteiger partial charge in [-0.2, -0.15) is 5.10 Å². The third-order valence-corrected chi connectivity index (χ3v) is 6.62. The van der Waals surface area contributed by atoms with Crippen LogP contribution in [-0.2, 0) is 6.61 Å². The molecule has 34 heavy (non-hydrogen) atoms. The summed E-state index contributed by atoms with van der Waals surface area (Å²) in [6.07, 6.45) is 1.55. The predicted octanol–water partition coefficient (Wildman–Crippen LogP) is 7.30. The van der Waals surface area contributed by atoms with Crippen molar-refractivity contribution in [2.24, 2.45) is 5.10 Å². The van der Waals surface area contributed by atoms with Gasteiger partial charge in [-0.3, -0.25) is 4.79 Å². The molecular formula is C25H19Br2IN2O4. The van der Waals surface area contributed by atoms with E-state index < -0.39 is 5.91 Å². The van der Waals surface area contributed by atoms with Gasteiger partial charge in [0.25, 0.3) is 0 Å². The van der Waals surface area contributed by atoms with Crippen LogP contribution in [0.1, 0.15) is 28.6 Å². The van der Waals surface area contributed by atoms with Gasteiger partial charge in [-0.1, -0.05) is 12.1 Å². The maximum Gasteiger partial charge on any atom is 0.307 e. The van der Waals surface area contributed by atoms with Crippen molar-refractivity contribution in [3.63, 3.8) is 0 Å². The molecule has 0 radical (unpaired) electrons. The normalized spacial score (nSPS) is 11.2. The number of fused-ring (bicyclic) bond motifs is 1. The van der Waals surface area contributed by atoms with Gasteiger partial charge in [0.05, 0.1) is 21.8 Å². The zero-order valence-electron chi connectivity index (χ0n) is 18.0. The zero-order valence-corrected chi connectivity index (χ0v) is 23.3. The second kappa shape index (κ2) is 11.4. The molecule has 0 atom stereocenters. The Labute approximate surface area is 227 Å². The first-order chi connectivity index (χ1) is 16.4. The van der Waals surface area contributed by atoms with Crippen molar-refractivity contribution in [1.29, 1.82) is 0 Å². The molecule has 4 aromatic rings. The molecule has 0 bridgehead atoms. The fourth-order valence-corrected chi connectivity index (χ4v) is 4.95. The highest BCUT2D eigenvalue weighted by molar-refractivity contribution is 14.1. The highest BCUT2D eigenvalue weighted by Crippen LogP contribution is 2.35. The number of hydrogen-bond donors (Lipinski definition) is 1. The first kappa shape index (κ1) is 24.7. The first-order valence-electron chi connectivity index (χ1n) is 10.3. The van der Waals surface area contributed by atoms with Gasteiger partial charge in [-0.25, -0.2) is 5.43 Å². The average Bonchev–Trinajstić information content (AvgIpc) is 3.23. The van der Waals surface area contributed by atoms with Crippen molar-refractivity contribution < 1.29 is 18.7 Å². The molecule has 9 heteroatoms. The fourth-order valence-electron chi connectivity index (χ4n) is 3.14. The standard InChI is InChI=1S/C25H19Br2IN2O4/c1-2-32-19-7-8-22-17(11-19)12-23(34-22)25(31)30-29-13-16-9-20(26)24(21(27)10-16)33-14-15-3-5-18(28)6-4-15/h3-13H,2,14H2,1H3,(H,30,31)/b29-13+. The van der Waals surface area contributed by atoms with Crippen LogP contribution >= 0.6 is 54.5 Å². The second-order valence-electron chi connectivity index (χ2n) is 7.17. The van der Waals surface area contributed by atoms with Gasteiger partial charge in [0.2, 0.25) is 0 Å². The summed E-state index contributed by atoms with van der Waals surface area (Å²) < 4.78 is 19.8. The predicted molar refractivity (Wildman–Crippen MR) is 148 cm³/mol. The molecule has 1 N–H and O–H groups in total. The Kier molecular flexibility index (Phi) is 8.28. The Balaban J connectivity index is 1.39. The summed E-state index contributed by atoms with van der Waals surface area (Å²) >= 11 is 9.36. The molecule has 0 aliphatic rings. The Hall–Kier alpha value is -2.37. The number of hydrogen-bond acceptors (Lipinski definition) is 5. The number of hydrazone groups is 1. The Bertz CT molecular complexity index is 1330. The lowest BCUT2D eigenvalue weighted by Gasteiger charge is -2.11. The van der Waals surface area contributed by atoms with E-state index in [1.54, 1.807) is 24.4 Å². The number of furan rings is 1. The maximum atomic E-state index is 12.5. The number of rotatable bonds is 8. The number of nitrogens with zero attached hydrogens (tertiary/aromatic N) is 1. The molecule has 174 valence electrons. The van der Waals surface area contributed by atoms with Crippen LogP contribution in [0, 0.1) is 3.57 Å². The van der Waals surface area contributed by atoms with Gasteiger partial charge in [0, 0.05) is 8.96 Å². The van der Waals surface area contributed by atoms with Gasteiger partial charge in [0.1, 0.15) is 23.7 Å². The van der Waals surface area contributed by atoms with Gasteiger partial charge in [0.15, 0.2) is 5.76 Å². The third kappa shape index (κ3) is 6.19. The third-order valence-electron chi connectivity index (χ3n) is 4.72. The van der Waals surface area contributed by atoms with Crippen LogP contribution in [0.3, 0.4) is 0 Å². The number of amides is 1. The quantitative estimate of drug-likeness (QED) is 0.119. The minimum atomic E-state index is -0.444. The number of carbonyl (C=O) groups is 1. The monoisotopic (exact) mass is 696 g/mol. The van der Waals surface area contributed by atoms with Crippen LogP contribution in [0.2, 0.25) is 0 Å². The van der Waals surface area contributed by atoms with Crippen LogP contribution < -0.4 is 14.9 Å². The summed E-state index contributed by atoms with van der Waals surface area (Å²) in [7, 11) is 0. The molecule has 0 saturated carbocycles. The van der Waals surface area contributed by atoms with E-state index in [2.05, 4.69) is 65.0 Å². The average molecular weight is 698 g/mol. The topological polar surface area (TPSA) is 73.1 Å². The molecule has 0 unspecified atom stereocenters. The van der Waals surface area contributed by atoms with Crippen molar-refractivity contribution in [3.8, 4) is 11.5 Å². The summed E-state index contributed by atoms with van der Waals surface area (Å²) in [6, 6.07) is 19.0. The molecule has 1 amide bonds. The van der Waals surface area contributed by atoms with E-state index in [-0.39, 0.29) is 5.76 Å². The molecule has 3 aromatic carbocycles. The summed E-state index contributed by atoms with van der Waals surface area (Å²) in [5.41, 5.74) is 4.95. The Morgan fingerprint density at radius 1 is 1.06 bits per heavy atom. The smallest absolute Gasteiger partial charge is 0.307 e. The lowest BCUT2D eigenvalue weighted by atomic mass is 10.2. The van der Waals surface area contributed by atoms with Gasteiger partial charge >= 0.3 is 5.91 Å². The number of nitrogens with one attached hydrogen (secondary N) is 1. The fraction of sp³-hybridized carbons (Fsp3) is 0.120. The van der Waals surface area contributed by atoms with Crippen LogP contribution in [0.5, 0.6) is 11.5 Å². The summed E-state index contributed by atoms with van der Waals surface area (Å²) in [5.74, 6) is 1.14. The molecule has 0 saturated heterocycles. The summed E-state index contributed by atoms with van der Waals surface area (Å²) in [6.45, 7) is 2.93. The van der Waals surface area contributed by atoms with Crippen LogP contribution in [0.15, 0.2) is 79.1 Å². The molecule has 1 aromatic heterocycles. The van der Waals surface area contributed by atoms with E-state index in [9.17, 15) is 4.79 Å². The SMILES string of the molecule is CCOc1ccc2oc(C(=O)N/N=C/c3cc(Br)c(OCc4ccc(I)cc4)c(Br)c3)cc2c1. The molecule has 4 rings (SSSR count). The largest absolute Gasteiger partial charge is 0.494 e. The van der Waals surface area contributed by atoms with E-state index >= 15 is 0 Å². The number of halogens is 3. The minimum Gasteiger partial charge on any atom is -0.494 e. The molecule has 6 nitrogen and oxygen atoms in total. The molecule has 0 fully saturated rings. The van der Waals surface area contributed by atoms with Gasteiger partial charge in [-0.05, 0) is 121 Å². The zero-order chi connectivity index (χ0) is 24.1. The summed E-state index contributed by atoms with van der Waals surface area (Å²) in [5, 5.41) is 4.84. The van der Waals surface area contributed by atoms with Crippen LogP contribution in [-0.4, -0.2) is 18.7 Å². The van der Waals surface area contributed by atoms with Gasteiger partial charge in [-0.15, -0.1) is 0 Å². The van der Waals surface area contributed by atoms with Crippen molar-refractivity contribution >= 4 is 77.5 Å². The molecule has 0 spiro atoms. The summed E-state index contributed by atoms with van der Waals surface area (Å²) in [4.78, 5) is 12.5. The number of benzene rings is 3. The van der Waals surface area contributed by atoms with E-state index in [0.717, 1.165) is 31.2 Å². The highest BCUT2D eigenvalue weighted by atomic mass is 127. The van der Waals surface area contributed by atoms with E-state index in [1.807, 2.05) is 49.4 Å². The lowest BCUT2D eigenvalue weighted by molar-refractivity contribution is 0.0929. The Morgan fingerprint density at radius 3 is 2.50 bits per heavy atom. The van der Waals surface area contributed by atoms with Crippen LogP contribution in [0.25, 0.3) is 11.0 Å². The second-order valence-corrected chi connectivity index (χ2v) is 10.1. The molecule has 0 aliphatic carbocycles. The first-order valence-corrected chi connectivity index (χ1v) is 13.0. The van der Waals surface area contributed by atoms with E-state index in [1.165, 1.54) is 3.57 Å². The molecular weight excluding hydrogens is 679 g/mol. The number of carbonyl (C=O) groups excluding carboxylic acids is 1. The number of ether oxygens (including phenoxy) is 2. The Morgan fingerprint density at radius 2 is 1.79 bits per heavy atom. The van der Waals surface area contributed by atoms with Gasteiger partial charge < -0.3 is 13.9 Å².